The first kappa shape index (κ1) is 27.3. The largest absolute Gasteiger partial charge is 0.385 e. The number of unbranched alkanes of at least 4 members (excludes halogenated alkanes) is 1. The first-order valence-corrected chi connectivity index (χ1v) is 10.7. The molecule has 0 saturated carbocycles. The van der Waals surface area contributed by atoms with Gasteiger partial charge >= 0.3 is 0 Å². The number of methoxy groups -OCH3 is 1. The van der Waals surface area contributed by atoms with E-state index < -0.39 is 0 Å². The average Bonchev–Trinajstić information content (AvgIpc) is 2.98. The summed E-state index contributed by atoms with van der Waals surface area (Å²) in [5.41, 5.74) is 1.01. The van der Waals surface area contributed by atoms with Crippen molar-refractivity contribution in [3.8, 4) is 0 Å². The highest BCUT2D eigenvalue weighted by Crippen LogP contribution is 2.22. The van der Waals surface area contributed by atoms with Crippen LogP contribution in [-0.4, -0.2) is 87.6 Å². The van der Waals surface area contributed by atoms with Crippen molar-refractivity contribution in [2.45, 2.75) is 26.2 Å². The number of guanidine groups is 1. The second kappa shape index (κ2) is 15.1. The fourth-order valence-corrected chi connectivity index (χ4v) is 3.31. The van der Waals surface area contributed by atoms with Crippen molar-refractivity contribution in [3.63, 3.8) is 0 Å². The van der Waals surface area contributed by atoms with Crippen LogP contribution in [0.4, 0.5) is 0 Å². The SMILES string of the molecule is CCNC(=NCCCCN1C(=O)c2ccccc2C1=O)NCCN(C)CCCOC.I. The summed E-state index contributed by atoms with van der Waals surface area (Å²) in [6, 6.07) is 7.00. The molecule has 2 N–H and O–H groups in total. The van der Waals surface area contributed by atoms with Gasteiger partial charge in [0.2, 0.25) is 0 Å². The fraction of sp³-hybridized carbons (Fsp3) is 0.591. The van der Waals surface area contributed by atoms with Gasteiger partial charge in [0.05, 0.1) is 11.1 Å². The lowest BCUT2D eigenvalue weighted by Gasteiger charge is -2.18. The predicted octanol–water partition coefficient (Wildman–Crippen LogP) is 2.20. The third-order valence-electron chi connectivity index (χ3n) is 4.96. The highest BCUT2D eigenvalue weighted by molar-refractivity contribution is 14.0. The molecule has 0 fully saturated rings. The number of likely N-dealkylation sites (N-methyl/N-ethyl adjacent to an activating group) is 1. The topological polar surface area (TPSA) is 86.3 Å². The summed E-state index contributed by atoms with van der Waals surface area (Å²) in [6.07, 6.45) is 2.56. The van der Waals surface area contributed by atoms with Gasteiger partial charge in [0.25, 0.3) is 11.8 Å². The van der Waals surface area contributed by atoms with Gasteiger partial charge in [0.15, 0.2) is 5.96 Å². The summed E-state index contributed by atoms with van der Waals surface area (Å²) in [4.78, 5) is 32.9. The first-order chi connectivity index (χ1) is 14.6. The molecule has 9 heteroatoms. The first-order valence-electron chi connectivity index (χ1n) is 10.7. The molecule has 1 aromatic rings. The van der Waals surface area contributed by atoms with Crippen molar-refractivity contribution >= 4 is 41.8 Å². The van der Waals surface area contributed by atoms with Crippen LogP contribution in [0.3, 0.4) is 0 Å². The summed E-state index contributed by atoms with van der Waals surface area (Å²) in [5.74, 6) is 0.413. The van der Waals surface area contributed by atoms with Crippen LogP contribution in [0.5, 0.6) is 0 Å². The number of fused-ring (bicyclic) bond motifs is 1. The highest BCUT2D eigenvalue weighted by atomic mass is 127. The molecular formula is C22H36IN5O3. The van der Waals surface area contributed by atoms with Gasteiger partial charge in [-0.25, -0.2) is 0 Å². The number of hydrogen-bond acceptors (Lipinski definition) is 5. The number of amides is 2. The van der Waals surface area contributed by atoms with Gasteiger partial charge in [0.1, 0.15) is 0 Å². The number of carbonyl (C=O) groups is 2. The minimum atomic E-state index is -0.191. The Morgan fingerprint density at radius 2 is 1.74 bits per heavy atom. The molecule has 1 heterocycles. The number of nitrogens with zero attached hydrogens (tertiary/aromatic N) is 3. The van der Waals surface area contributed by atoms with Gasteiger partial charge in [-0.1, -0.05) is 12.1 Å². The minimum Gasteiger partial charge on any atom is -0.385 e. The fourth-order valence-electron chi connectivity index (χ4n) is 3.31. The number of rotatable bonds is 13. The number of ether oxygens (including phenoxy) is 1. The molecule has 0 unspecified atom stereocenters. The molecule has 2 rings (SSSR count). The van der Waals surface area contributed by atoms with E-state index in [1.165, 1.54) is 4.90 Å². The molecule has 2 amide bonds. The maximum Gasteiger partial charge on any atom is 0.261 e. The van der Waals surface area contributed by atoms with Crippen LogP contribution in [0.1, 0.15) is 46.9 Å². The third-order valence-corrected chi connectivity index (χ3v) is 4.96. The zero-order valence-corrected chi connectivity index (χ0v) is 21.2. The van der Waals surface area contributed by atoms with Gasteiger partial charge in [-0.2, -0.15) is 0 Å². The predicted molar refractivity (Wildman–Crippen MR) is 134 cm³/mol. The van der Waals surface area contributed by atoms with Crippen molar-refractivity contribution < 1.29 is 14.3 Å². The lowest BCUT2D eigenvalue weighted by molar-refractivity contribution is 0.0652. The maximum atomic E-state index is 12.4. The molecule has 1 aliphatic heterocycles. The molecule has 0 atom stereocenters. The van der Waals surface area contributed by atoms with Crippen LogP contribution in [0.25, 0.3) is 0 Å². The summed E-state index contributed by atoms with van der Waals surface area (Å²) in [6.45, 7) is 7.42. The van der Waals surface area contributed by atoms with Crippen molar-refractivity contribution in [1.82, 2.24) is 20.4 Å². The van der Waals surface area contributed by atoms with Crippen molar-refractivity contribution in [2.75, 3.05) is 60.0 Å². The summed E-state index contributed by atoms with van der Waals surface area (Å²) >= 11 is 0. The van der Waals surface area contributed by atoms with Crippen LogP contribution < -0.4 is 10.6 Å². The summed E-state index contributed by atoms with van der Waals surface area (Å²) < 4.78 is 5.08. The lowest BCUT2D eigenvalue weighted by Crippen LogP contribution is -2.41. The van der Waals surface area contributed by atoms with E-state index in [0.717, 1.165) is 58.0 Å². The zero-order chi connectivity index (χ0) is 21.8. The quantitative estimate of drug-likeness (QED) is 0.130. The van der Waals surface area contributed by atoms with Crippen LogP contribution >= 0.6 is 24.0 Å². The highest BCUT2D eigenvalue weighted by Gasteiger charge is 2.34. The molecular weight excluding hydrogens is 509 g/mol. The molecule has 0 saturated heterocycles. The van der Waals surface area contributed by atoms with E-state index in [-0.39, 0.29) is 35.8 Å². The van der Waals surface area contributed by atoms with Crippen molar-refractivity contribution in [2.24, 2.45) is 4.99 Å². The standard InChI is InChI=1S/C22H35N5O3.HI/c1-4-23-22(25-13-16-26(2)14-9-17-30-3)24-12-7-8-15-27-20(28)18-10-5-6-11-19(18)21(27)29;/h5-6,10-11H,4,7-9,12-17H2,1-3H3,(H2,23,24,25);1H. The average molecular weight is 545 g/mol. The summed E-state index contributed by atoms with van der Waals surface area (Å²) in [5, 5.41) is 6.60. The normalized spacial score (nSPS) is 13.4. The number of nitrogens with one attached hydrogen (secondary N) is 2. The molecule has 1 aromatic carbocycles. The van der Waals surface area contributed by atoms with Gasteiger partial charge in [-0.3, -0.25) is 19.5 Å². The molecule has 31 heavy (non-hydrogen) atoms. The monoisotopic (exact) mass is 545 g/mol. The van der Waals surface area contributed by atoms with Crippen molar-refractivity contribution in [1.29, 1.82) is 0 Å². The van der Waals surface area contributed by atoms with Crippen LogP contribution in [0.2, 0.25) is 0 Å². The van der Waals surface area contributed by atoms with Gasteiger partial charge in [-0.05, 0) is 45.4 Å². The molecule has 0 radical (unpaired) electrons. The van der Waals surface area contributed by atoms with E-state index in [2.05, 4.69) is 27.6 Å². The number of carbonyl (C=O) groups excluding carboxylic acids is 2. The Balaban J connectivity index is 0.00000480. The van der Waals surface area contributed by atoms with Crippen LogP contribution in [0.15, 0.2) is 29.3 Å². The molecule has 0 bridgehead atoms. The van der Waals surface area contributed by atoms with E-state index in [1.807, 2.05) is 6.92 Å². The van der Waals surface area contributed by atoms with E-state index in [0.29, 0.717) is 24.2 Å². The summed E-state index contributed by atoms with van der Waals surface area (Å²) in [7, 11) is 3.82. The maximum absolute atomic E-state index is 12.4. The number of imide groups is 1. The van der Waals surface area contributed by atoms with E-state index >= 15 is 0 Å². The number of benzene rings is 1. The van der Waals surface area contributed by atoms with E-state index in [9.17, 15) is 9.59 Å². The smallest absolute Gasteiger partial charge is 0.261 e. The third kappa shape index (κ3) is 8.74. The zero-order valence-electron chi connectivity index (χ0n) is 18.9. The molecule has 0 aliphatic carbocycles. The molecule has 1 aliphatic rings. The number of aliphatic imine (C=N–C) groups is 1. The Kier molecular flexibility index (Phi) is 13.3. The molecule has 8 nitrogen and oxygen atoms in total. The lowest BCUT2D eigenvalue weighted by atomic mass is 10.1. The Morgan fingerprint density at radius 1 is 1.06 bits per heavy atom. The second-order valence-electron chi connectivity index (χ2n) is 7.35. The Hall–Kier alpha value is -1.72. The Labute approximate surface area is 202 Å². The van der Waals surface area contributed by atoms with Gasteiger partial charge < -0.3 is 20.3 Å². The van der Waals surface area contributed by atoms with E-state index in [1.54, 1.807) is 31.4 Å². The van der Waals surface area contributed by atoms with E-state index in [4.69, 9.17) is 4.74 Å². The number of halogens is 1. The Morgan fingerprint density at radius 3 is 2.35 bits per heavy atom. The molecule has 0 spiro atoms. The molecule has 174 valence electrons. The number of hydrogen-bond donors (Lipinski definition) is 2. The second-order valence-corrected chi connectivity index (χ2v) is 7.35. The van der Waals surface area contributed by atoms with Gasteiger partial charge in [-0.15, -0.1) is 24.0 Å². The molecule has 0 aromatic heterocycles. The minimum absolute atomic E-state index is 0. The van der Waals surface area contributed by atoms with Crippen LogP contribution in [0, 0.1) is 0 Å². The Bertz CT molecular complexity index is 694. The van der Waals surface area contributed by atoms with Gasteiger partial charge in [0, 0.05) is 53.0 Å². The van der Waals surface area contributed by atoms with Crippen LogP contribution in [-0.2, 0) is 4.74 Å². The van der Waals surface area contributed by atoms with Crippen molar-refractivity contribution in [3.05, 3.63) is 35.4 Å².